The summed E-state index contributed by atoms with van der Waals surface area (Å²) in [6, 6.07) is -0.217. The van der Waals surface area contributed by atoms with Gasteiger partial charge in [-0.15, -0.1) is 11.3 Å². The molecule has 0 bridgehead atoms. The second kappa shape index (κ2) is 6.13. The number of halogens is 1. The highest BCUT2D eigenvalue weighted by Gasteiger charge is 2.34. The average Bonchev–Trinajstić information content (AvgIpc) is 2.94. The number of hydrogen-bond donors (Lipinski definition) is 1. The molecule has 0 radical (unpaired) electrons. The van der Waals surface area contributed by atoms with Gasteiger partial charge in [0, 0.05) is 17.5 Å². The van der Waals surface area contributed by atoms with E-state index < -0.39 is 5.97 Å². The van der Waals surface area contributed by atoms with Gasteiger partial charge in [-0.05, 0) is 35.7 Å². The van der Waals surface area contributed by atoms with Gasteiger partial charge in [-0.2, -0.15) is 0 Å². The average molecular weight is 362 g/mol. The number of methoxy groups -OCH3 is 1. The first-order chi connectivity index (χ1) is 9.45. The van der Waals surface area contributed by atoms with Crippen molar-refractivity contribution < 1.29 is 19.4 Å². The third-order valence-electron chi connectivity index (χ3n) is 3.42. The number of carbonyl (C=O) groups excluding carboxylic acids is 1. The Bertz CT molecular complexity index is 543. The molecule has 1 N–H and O–H groups in total. The molecule has 1 aromatic rings. The van der Waals surface area contributed by atoms with Crippen LogP contribution >= 0.6 is 27.3 Å². The zero-order valence-electron chi connectivity index (χ0n) is 11.3. The van der Waals surface area contributed by atoms with E-state index in [1.807, 2.05) is 6.92 Å². The van der Waals surface area contributed by atoms with Crippen molar-refractivity contribution in [3.63, 3.8) is 0 Å². The number of aliphatic carboxylic acids is 1. The minimum atomic E-state index is -0.870. The van der Waals surface area contributed by atoms with E-state index in [2.05, 4.69) is 15.9 Å². The molecule has 0 saturated carbocycles. The molecule has 2 heterocycles. The Balaban J connectivity index is 2.26. The minimum absolute atomic E-state index is 0.000414. The van der Waals surface area contributed by atoms with E-state index in [-0.39, 0.29) is 18.4 Å². The Morgan fingerprint density at radius 1 is 1.55 bits per heavy atom. The van der Waals surface area contributed by atoms with Crippen LogP contribution in [0.1, 0.15) is 33.8 Å². The van der Waals surface area contributed by atoms with Gasteiger partial charge in [-0.25, -0.2) is 0 Å². The third-order valence-corrected chi connectivity index (χ3v) is 5.71. The highest BCUT2D eigenvalue weighted by molar-refractivity contribution is 9.10. The molecule has 5 nitrogen and oxygen atoms in total. The van der Waals surface area contributed by atoms with E-state index >= 15 is 0 Å². The lowest BCUT2D eigenvalue weighted by molar-refractivity contribution is -0.137. The number of rotatable bonds is 4. The number of carbonyl (C=O) groups is 2. The van der Waals surface area contributed by atoms with Crippen molar-refractivity contribution in [1.82, 2.24) is 4.90 Å². The number of hydrogen-bond acceptors (Lipinski definition) is 4. The monoisotopic (exact) mass is 361 g/mol. The van der Waals surface area contributed by atoms with E-state index in [0.29, 0.717) is 17.2 Å². The Morgan fingerprint density at radius 3 is 2.85 bits per heavy atom. The van der Waals surface area contributed by atoms with Crippen LogP contribution in [0.15, 0.2) is 4.47 Å². The molecule has 1 atom stereocenters. The molecule has 1 unspecified atom stereocenters. The van der Waals surface area contributed by atoms with Gasteiger partial charge in [0.1, 0.15) is 4.88 Å². The Morgan fingerprint density at radius 2 is 2.25 bits per heavy atom. The van der Waals surface area contributed by atoms with Crippen LogP contribution in [0.4, 0.5) is 0 Å². The van der Waals surface area contributed by atoms with E-state index in [1.165, 1.54) is 18.4 Å². The summed E-state index contributed by atoms with van der Waals surface area (Å²) in [5.41, 5.74) is 0. The lowest BCUT2D eigenvalue weighted by Gasteiger charge is -2.23. The molecular weight excluding hydrogens is 346 g/mol. The normalized spacial score (nSPS) is 18.4. The van der Waals surface area contributed by atoms with Gasteiger partial charge < -0.3 is 14.7 Å². The van der Waals surface area contributed by atoms with Crippen molar-refractivity contribution >= 4 is 39.1 Å². The van der Waals surface area contributed by atoms with Crippen molar-refractivity contribution in [2.24, 2.45) is 0 Å². The second-order valence-corrected chi connectivity index (χ2v) is 6.74. The lowest BCUT2D eigenvalue weighted by Crippen LogP contribution is -2.36. The molecule has 1 saturated heterocycles. The number of aryl methyl sites for hydroxylation is 1. The highest BCUT2D eigenvalue weighted by atomic mass is 79.9. The predicted molar refractivity (Wildman–Crippen MR) is 79.6 cm³/mol. The van der Waals surface area contributed by atoms with Crippen molar-refractivity contribution in [2.75, 3.05) is 13.7 Å². The van der Waals surface area contributed by atoms with Crippen molar-refractivity contribution in [1.29, 1.82) is 0 Å². The molecule has 0 aliphatic carbocycles. The SMILES string of the molecule is COc1c(C(=O)N2CCCC2CC(=O)O)sc(C)c1Br. The summed E-state index contributed by atoms with van der Waals surface area (Å²) in [7, 11) is 1.53. The van der Waals surface area contributed by atoms with Gasteiger partial charge in [0.15, 0.2) is 5.75 Å². The number of thiophene rings is 1. The maximum atomic E-state index is 12.6. The molecule has 0 spiro atoms. The van der Waals surface area contributed by atoms with Gasteiger partial charge in [0.2, 0.25) is 0 Å². The van der Waals surface area contributed by atoms with Crippen LogP contribution in [-0.4, -0.2) is 41.6 Å². The standard InChI is InChI=1S/C13H16BrNO4S/c1-7-10(14)11(19-2)12(20-7)13(18)15-5-3-4-8(15)6-9(16)17/h8H,3-6H2,1-2H3,(H,16,17). The van der Waals surface area contributed by atoms with Gasteiger partial charge in [-0.3, -0.25) is 9.59 Å². The van der Waals surface area contributed by atoms with Crippen LogP contribution in [0.5, 0.6) is 5.75 Å². The number of likely N-dealkylation sites (tertiary alicyclic amines) is 1. The molecule has 1 aliphatic rings. The lowest BCUT2D eigenvalue weighted by atomic mass is 10.1. The highest BCUT2D eigenvalue weighted by Crippen LogP contribution is 2.40. The van der Waals surface area contributed by atoms with Gasteiger partial charge in [-0.1, -0.05) is 0 Å². The van der Waals surface area contributed by atoms with Crippen LogP contribution in [0.3, 0.4) is 0 Å². The largest absolute Gasteiger partial charge is 0.494 e. The topological polar surface area (TPSA) is 66.8 Å². The van der Waals surface area contributed by atoms with Crippen molar-refractivity contribution in [2.45, 2.75) is 32.2 Å². The quantitative estimate of drug-likeness (QED) is 0.895. The summed E-state index contributed by atoms with van der Waals surface area (Å²) in [4.78, 5) is 26.7. The zero-order chi connectivity index (χ0) is 14.9. The summed E-state index contributed by atoms with van der Waals surface area (Å²) in [6.45, 7) is 2.52. The summed E-state index contributed by atoms with van der Waals surface area (Å²) in [5.74, 6) is -0.465. The zero-order valence-corrected chi connectivity index (χ0v) is 13.7. The minimum Gasteiger partial charge on any atom is -0.494 e. The van der Waals surface area contributed by atoms with Crippen molar-refractivity contribution in [3.8, 4) is 5.75 Å². The first kappa shape index (κ1) is 15.3. The number of amides is 1. The number of carboxylic acid groups (broad SMARTS) is 1. The third kappa shape index (κ3) is 2.83. The second-order valence-electron chi connectivity index (χ2n) is 4.73. The van der Waals surface area contributed by atoms with E-state index in [9.17, 15) is 9.59 Å². The molecule has 1 aliphatic heterocycles. The fourth-order valence-corrected chi connectivity index (χ4v) is 4.18. The van der Waals surface area contributed by atoms with Crippen LogP contribution in [0.2, 0.25) is 0 Å². The molecule has 7 heteroatoms. The molecule has 0 aromatic carbocycles. The molecule has 20 heavy (non-hydrogen) atoms. The number of carboxylic acids is 1. The van der Waals surface area contributed by atoms with Gasteiger partial charge >= 0.3 is 5.97 Å². The Hall–Kier alpha value is -1.08. The van der Waals surface area contributed by atoms with E-state index in [4.69, 9.17) is 9.84 Å². The molecule has 110 valence electrons. The summed E-state index contributed by atoms with van der Waals surface area (Å²) >= 11 is 4.78. The predicted octanol–water partition coefficient (Wildman–Crippen LogP) is 2.91. The van der Waals surface area contributed by atoms with Crippen LogP contribution in [0, 0.1) is 6.92 Å². The van der Waals surface area contributed by atoms with Crippen LogP contribution in [-0.2, 0) is 4.79 Å². The smallest absolute Gasteiger partial charge is 0.305 e. The Labute approximate surface area is 129 Å². The van der Waals surface area contributed by atoms with Crippen LogP contribution in [0.25, 0.3) is 0 Å². The first-order valence-electron chi connectivity index (χ1n) is 6.31. The molecule has 1 fully saturated rings. The number of ether oxygens (including phenoxy) is 1. The first-order valence-corrected chi connectivity index (χ1v) is 7.92. The fraction of sp³-hybridized carbons (Fsp3) is 0.538. The van der Waals surface area contributed by atoms with Crippen molar-refractivity contribution in [3.05, 3.63) is 14.2 Å². The Kier molecular flexibility index (Phi) is 4.70. The van der Waals surface area contributed by atoms with Crippen LogP contribution < -0.4 is 4.74 Å². The van der Waals surface area contributed by atoms with E-state index in [1.54, 1.807) is 4.90 Å². The maximum Gasteiger partial charge on any atom is 0.305 e. The van der Waals surface area contributed by atoms with Gasteiger partial charge in [0.25, 0.3) is 5.91 Å². The summed E-state index contributed by atoms with van der Waals surface area (Å²) in [6.07, 6.45) is 1.59. The van der Waals surface area contributed by atoms with Gasteiger partial charge in [0.05, 0.1) is 18.0 Å². The number of nitrogens with zero attached hydrogens (tertiary/aromatic N) is 1. The molecule has 2 rings (SSSR count). The summed E-state index contributed by atoms with van der Waals surface area (Å²) in [5, 5.41) is 8.93. The molecule has 1 aromatic heterocycles. The fourth-order valence-electron chi connectivity index (χ4n) is 2.47. The summed E-state index contributed by atoms with van der Waals surface area (Å²) < 4.78 is 6.09. The molecule has 1 amide bonds. The van der Waals surface area contributed by atoms with E-state index in [0.717, 1.165) is 22.2 Å². The molecular formula is C13H16BrNO4S. The maximum absolute atomic E-state index is 12.6.